The third-order valence-electron chi connectivity index (χ3n) is 19.1. The lowest BCUT2D eigenvalue weighted by Crippen LogP contribution is -2.47. The van der Waals surface area contributed by atoms with Gasteiger partial charge < -0.3 is 79.8 Å². The van der Waals surface area contributed by atoms with Crippen LogP contribution in [0.15, 0.2) is 154 Å². The van der Waals surface area contributed by atoms with Crippen LogP contribution in [0.2, 0.25) is 10.0 Å². The van der Waals surface area contributed by atoms with Gasteiger partial charge in [-0.3, -0.25) is 19.2 Å². The second kappa shape index (κ2) is 58.1. The van der Waals surface area contributed by atoms with Crippen LogP contribution in [-0.2, 0) is 83.2 Å². The minimum atomic E-state index is -0.424. The number of aliphatic hydroxyl groups is 3. The van der Waals surface area contributed by atoms with E-state index in [1.54, 1.807) is 4.90 Å². The van der Waals surface area contributed by atoms with Gasteiger partial charge in [0.2, 0.25) is 0 Å². The summed E-state index contributed by atoms with van der Waals surface area (Å²) in [5, 5.41) is 54.6. The predicted octanol–water partition coefficient (Wildman–Crippen LogP) is 12.8. The van der Waals surface area contributed by atoms with Crippen molar-refractivity contribution in [2.75, 3.05) is 118 Å². The summed E-state index contributed by atoms with van der Waals surface area (Å²) in [6.07, 6.45) is 42.4. The molecule has 4 aromatic rings. The summed E-state index contributed by atoms with van der Waals surface area (Å²) in [7, 11) is 0. The average molecular weight is 1750 g/mol. The number of nitrogens with one attached hydrogen (secondary N) is 4. The molecule has 670 valence electrons. The number of hydrogen-bond acceptors (Lipinski definition) is 24. The zero-order valence-corrected chi connectivity index (χ0v) is 74.1. The number of aliphatic hydroxyl groups excluding tert-OH is 3. The number of allylic oxidation sites excluding steroid dienone is 12. The Labute approximate surface area is 737 Å². The van der Waals surface area contributed by atoms with E-state index in [0.717, 1.165) is 120 Å². The monoisotopic (exact) mass is 1750 g/mol. The van der Waals surface area contributed by atoms with E-state index >= 15 is 0 Å². The number of nitrogens with zero attached hydrogens (tertiary/aromatic N) is 5. The molecule has 30 heteroatoms. The van der Waals surface area contributed by atoms with Crippen molar-refractivity contribution in [3.05, 3.63) is 233 Å². The van der Waals surface area contributed by atoms with Crippen LogP contribution < -0.4 is 21.3 Å². The maximum atomic E-state index is 12.8. The number of fused-ring (bicyclic) bond motifs is 4. The molecule has 0 atom stereocenters. The summed E-state index contributed by atoms with van der Waals surface area (Å²) in [6, 6.07) is 11.6. The molecule has 5 aliphatic rings. The molecule has 0 unspecified atom stereocenters. The summed E-state index contributed by atoms with van der Waals surface area (Å²) in [5.41, 5.74) is 14.3. The zero-order valence-electron chi connectivity index (χ0n) is 72.6. The molecule has 4 amide bonds. The second-order valence-electron chi connectivity index (χ2n) is 29.6. The molecular formula is C94H121Cl2N9O19. The van der Waals surface area contributed by atoms with Gasteiger partial charge in [-0.15, -0.1) is 0 Å². The third-order valence-corrected chi connectivity index (χ3v) is 20.2. The van der Waals surface area contributed by atoms with Crippen molar-refractivity contribution < 1.29 is 92.0 Å². The number of halogens is 2. The van der Waals surface area contributed by atoms with Crippen LogP contribution in [0.1, 0.15) is 185 Å². The Morgan fingerprint density at radius 2 is 0.661 bits per heavy atom. The van der Waals surface area contributed by atoms with Crippen LogP contribution in [-0.4, -0.2) is 209 Å². The lowest BCUT2D eigenvalue weighted by molar-refractivity contribution is -0.136. The van der Waals surface area contributed by atoms with Crippen LogP contribution in [0, 0.1) is 55.4 Å². The first-order valence-corrected chi connectivity index (χ1v) is 42.8. The van der Waals surface area contributed by atoms with Gasteiger partial charge in [-0.2, -0.15) is 0 Å². The van der Waals surface area contributed by atoms with E-state index < -0.39 is 11.9 Å². The summed E-state index contributed by atoms with van der Waals surface area (Å²) in [5.74, 6) is -2.72. The molecule has 28 nitrogen and oxygen atoms in total. The molecule has 0 saturated carbocycles. The topological polar surface area (TPSA) is 372 Å². The summed E-state index contributed by atoms with van der Waals surface area (Å²) < 4.78 is 21.9. The number of aryl methyl sites for hydroxylation is 8. The molecule has 5 aliphatic heterocycles. The molecule has 5 heterocycles. The lowest BCUT2D eigenvalue weighted by Gasteiger charge is -2.26. The molecule has 1 fully saturated rings. The first kappa shape index (κ1) is 102. The molecular weight excluding hydrogens is 1630 g/mol. The zero-order chi connectivity index (χ0) is 89.8. The number of cyclic esters (lactones) is 4. The summed E-state index contributed by atoms with van der Waals surface area (Å²) >= 11 is 13.2. The van der Waals surface area contributed by atoms with Crippen molar-refractivity contribution in [3.8, 4) is 0 Å². The first-order chi connectivity index (χ1) is 59.9. The second-order valence-corrected chi connectivity index (χ2v) is 30.3. The minimum Gasteiger partial charge on any atom is -0.462 e. The van der Waals surface area contributed by atoms with Crippen molar-refractivity contribution in [1.29, 1.82) is 0 Å². The molecule has 0 radical (unpaired) electrons. The van der Waals surface area contributed by atoms with Crippen molar-refractivity contribution >= 4 is 93.6 Å². The van der Waals surface area contributed by atoms with E-state index in [2.05, 4.69) is 60.1 Å². The molecule has 7 N–H and O–H groups in total. The fourth-order valence-electron chi connectivity index (χ4n) is 13.4. The van der Waals surface area contributed by atoms with Crippen molar-refractivity contribution in [3.63, 3.8) is 0 Å². The van der Waals surface area contributed by atoms with Gasteiger partial charge >= 0.3 is 23.9 Å². The Morgan fingerprint density at radius 3 is 0.984 bits per heavy atom. The number of oxime groups is 4. The number of hydrogen-bond donors (Lipinski definition) is 7. The number of ether oxygens (including phenoxy) is 4. The number of amides is 4. The SMILES string of the molecule is Cc1cc(C)c2c(c1)CC(=N/OCC(=O)N1CCNCC1)/C=C/CC/C=C/CCOC2=O.Cc1cc(C)c2c(c1)CC(=N\OCC(=O)NCCO)/C=C/CC/C=C/CCOC2=O.Cc1cc(C)c2c(c1Cl)CC(=N/OCC(=O)NCCO)/C=C/CC/C=C/CCOC2=O.Cc1cc(C)c2c(c1Cl)CC(=N\OCC(=O)NCCO)/C=C/CC/C=C/CCOC2=O. The van der Waals surface area contributed by atoms with Crippen LogP contribution >= 0.6 is 23.2 Å². The number of carbonyl (C=O) groups excluding carboxylic acids is 8. The van der Waals surface area contributed by atoms with Crippen molar-refractivity contribution in [1.82, 2.24) is 26.2 Å². The van der Waals surface area contributed by atoms with Gasteiger partial charge in [0.05, 0.1) is 91.3 Å². The highest BCUT2D eigenvalue weighted by atomic mass is 35.5. The van der Waals surface area contributed by atoms with E-state index in [1.807, 2.05) is 171 Å². The third kappa shape index (κ3) is 37.5. The first-order valence-electron chi connectivity index (χ1n) is 42.0. The smallest absolute Gasteiger partial charge is 0.338 e. The molecule has 124 heavy (non-hydrogen) atoms. The van der Waals surface area contributed by atoms with Crippen LogP contribution in [0.5, 0.6) is 0 Å². The number of esters is 4. The fourth-order valence-corrected chi connectivity index (χ4v) is 13.8. The van der Waals surface area contributed by atoms with Gasteiger partial charge in [0, 0.05) is 81.5 Å². The fraction of sp³-hybridized carbons (Fsp3) is 0.447. The van der Waals surface area contributed by atoms with Crippen LogP contribution in [0.4, 0.5) is 0 Å². The van der Waals surface area contributed by atoms with Gasteiger partial charge in [-0.1, -0.05) is 164 Å². The van der Waals surface area contributed by atoms with Crippen molar-refractivity contribution in [2.24, 2.45) is 20.6 Å². The summed E-state index contributed by atoms with van der Waals surface area (Å²) in [6.45, 7) is 18.6. The average Bonchev–Trinajstić information content (AvgIpc) is 0.797. The van der Waals surface area contributed by atoms with Gasteiger partial charge in [-0.05, 0) is 212 Å². The Hall–Kier alpha value is -11.1. The van der Waals surface area contributed by atoms with Crippen LogP contribution in [0.3, 0.4) is 0 Å². The quantitative estimate of drug-likeness (QED) is 0.0210. The highest BCUT2D eigenvalue weighted by molar-refractivity contribution is 6.33. The normalized spacial score (nSPS) is 19.2. The van der Waals surface area contributed by atoms with E-state index in [-0.39, 0.29) is 114 Å². The Morgan fingerprint density at radius 1 is 0.379 bits per heavy atom. The largest absolute Gasteiger partial charge is 0.462 e. The van der Waals surface area contributed by atoms with Crippen molar-refractivity contribution in [2.45, 2.75) is 158 Å². The summed E-state index contributed by atoms with van der Waals surface area (Å²) in [4.78, 5) is 121. The molecule has 0 bridgehead atoms. The minimum absolute atomic E-state index is 0.0680. The van der Waals surface area contributed by atoms with Gasteiger partial charge in [0.15, 0.2) is 26.4 Å². The van der Waals surface area contributed by atoms with E-state index in [1.165, 1.54) is 0 Å². The van der Waals surface area contributed by atoms with Gasteiger partial charge in [-0.25, -0.2) is 19.2 Å². The molecule has 0 spiro atoms. The number of rotatable bonds is 18. The molecule has 1 saturated heterocycles. The molecule has 9 rings (SSSR count). The highest BCUT2D eigenvalue weighted by Crippen LogP contribution is 2.32. The number of carbonyl (C=O) groups is 8. The number of benzene rings is 4. The Balaban J connectivity index is 0.000000256. The maximum absolute atomic E-state index is 12.8. The Kier molecular flexibility index (Phi) is 47.6. The van der Waals surface area contributed by atoms with E-state index in [4.69, 9.17) is 76.8 Å². The molecule has 4 aromatic carbocycles. The Bertz CT molecular complexity index is 4480. The standard InChI is InChI=1S/C25H33N3O4.2C23H29ClN2O5.C23H30N2O5/c1-19-15-20(2)24-21(16-19)17-22(9-7-5-3-4-6-8-14-31-25(24)30)27-32-18-23(29)28-12-10-26-11-13-28;2*1-16-13-17(2)22(24)19-14-18(26-31-15-20(28)25-10-11-27)9-7-5-3-4-6-8-12-30-23(29)21(16)19;1-17-13-18(2)22-19(14-17)15-20(25-30-16-21(27)24-10-11-26)9-7-5-3-4-6-8-12-29-23(22)28/h4,6-7,9,15-16,26H,3,5,8,10-14,17-18H2,1-2H3;2*4,6-7,9,13,27H,3,5,8,10-12,14-15H2,1-2H3,(H,25,28);4,6-7,9,13-14,26H,3,5,8,10-12,15-16H2,1-2H3,(H,24,27)/b6-4+,9-7+,27-22+;6-4+,9-7+,26-18+;6-4+,9-7+,26-18-;6-4+,9-7+,25-20-. The predicted molar refractivity (Wildman–Crippen MR) is 481 cm³/mol. The van der Waals surface area contributed by atoms with E-state index in [9.17, 15) is 38.4 Å². The number of piperazine rings is 1. The van der Waals surface area contributed by atoms with Gasteiger partial charge in [0.1, 0.15) is 0 Å². The maximum Gasteiger partial charge on any atom is 0.338 e. The van der Waals surface area contributed by atoms with Crippen LogP contribution in [0.25, 0.3) is 0 Å². The lowest BCUT2D eigenvalue weighted by atomic mass is 9.94. The van der Waals surface area contributed by atoms with Gasteiger partial charge in [0.25, 0.3) is 23.6 Å². The molecule has 0 aliphatic carbocycles. The molecule has 0 aromatic heterocycles. The van der Waals surface area contributed by atoms with E-state index in [0.29, 0.717) is 144 Å². The highest BCUT2D eigenvalue weighted by Gasteiger charge is 2.26.